The maximum atomic E-state index is 12.7. The van der Waals surface area contributed by atoms with Crippen molar-refractivity contribution in [3.8, 4) is 0 Å². The molecule has 0 N–H and O–H groups in total. The molecule has 0 spiro atoms. The van der Waals surface area contributed by atoms with Crippen LogP contribution < -0.4 is 0 Å². The van der Waals surface area contributed by atoms with E-state index in [0.29, 0.717) is 44.8 Å². The first-order valence-corrected chi connectivity index (χ1v) is 9.01. The lowest BCUT2D eigenvalue weighted by Crippen LogP contribution is -2.53. The second-order valence-electron chi connectivity index (χ2n) is 6.59. The summed E-state index contributed by atoms with van der Waals surface area (Å²) in [5.74, 6) is 0.280. The molecule has 2 bridgehead atoms. The maximum absolute atomic E-state index is 12.7. The third-order valence-corrected chi connectivity index (χ3v) is 6.22. The zero-order chi connectivity index (χ0) is 16.0. The standard InChI is InChI=1S/C15H21N5O2S/c1-10(21)18-4-6-19(7-5-18)14(22)9-20-11-2-3-13(20)15-12(8-11)16-17-23-15/h11,13H,2-9H2,1H3/t11-,13+/m0/s1. The van der Waals surface area contributed by atoms with Crippen LogP contribution in [0.2, 0.25) is 0 Å². The average molecular weight is 335 g/mol. The Labute approximate surface area is 139 Å². The number of fused-ring (bicyclic) bond motifs is 4. The summed E-state index contributed by atoms with van der Waals surface area (Å²) in [4.78, 5) is 31.4. The van der Waals surface area contributed by atoms with E-state index < -0.39 is 0 Å². The van der Waals surface area contributed by atoms with Crippen molar-refractivity contribution in [1.82, 2.24) is 24.3 Å². The number of aromatic nitrogens is 2. The van der Waals surface area contributed by atoms with Crippen molar-refractivity contribution in [3.63, 3.8) is 0 Å². The monoisotopic (exact) mass is 335 g/mol. The van der Waals surface area contributed by atoms with Crippen molar-refractivity contribution < 1.29 is 9.59 Å². The van der Waals surface area contributed by atoms with Crippen LogP contribution in [0.4, 0.5) is 0 Å². The van der Waals surface area contributed by atoms with Crippen LogP contribution in [-0.2, 0) is 16.0 Å². The molecule has 3 aliphatic heterocycles. The third-order valence-electron chi connectivity index (χ3n) is 5.35. The van der Waals surface area contributed by atoms with Gasteiger partial charge in [-0.1, -0.05) is 4.49 Å². The Balaban J connectivity index is 1.40. The van der Waals surface area contributed by atoms with E-state index in [0.717, 1.165) is 25.0 Å². The Morgan fingerprint density at radius 2 is 1.91 bits per heavy atom. The first-order valence-electron chi connectivity index (χ1n) is 8.23. The van der Waals surface area contributed by atoms with Crippen molar-refractivity contribution in [2.75, 3.05) is 32.7 Å². The molecule has 4 rings (SSSR count). The van der Waals surface area contributed by atoms with Crippen molar-refractivity contribution in [2.45, 2.75) is 38.3 Å². The lowest BCUT2D eigenvalue weighted by atomic mass is 10.1. The van der Waals surface area contributed by atoms with Gasteiger partial charge in [0.25, 0.3) is 0 Å². The molecule has 7 nitrogen and oxygen atoms in total. The number of nitrogens with zero attached hydrogens (tertiary/aromatic N) is 5. The lowest BCUT2D eigenvalue weighted by molar-refractivity contribution is -0.139. The van der Waals surface area contributed by atoms with Gasteiger partial charge in [0, 0.05) is 51.6 Å². The Kier molecular flexibility index (Phi) is 3.81. The van der Waals surface area contributed by atoms with E-state index in [2.05, 4.69) is 14.5 Å². The van der Waals surface area contributed by atoms with Gasteiger partial charge >= 0.3 is 0 Å². The highest BCUT2D eigenvalue weighted by molar-refractivity contribution is 7.05. The second-order valence-corrected chi connectivity index (χ2v) is 7.38. The number of amides is 2. The number of piperazine rings is 1. The summed E-state index contributed by atoms with van der Waals surface area (Å²) in [7, 11) is 0. The largest absolute Gasteiger partial charge is 0.339 e. The zero-order valence-corrected chi connectivity index (χ0v) is 14.1. The van der Waals surface area contributed by atoms with Crippen molar-refractivity contribution in [2.24, 2.45) is 0 Å². The SMILES string of the molecule is CC(=O)N1CCN(C(=O)CN2[C@H]3CC[C@@H]2c2snnc2C3)CC1. The van der Waals surface area contributed by atoms with Crippen LogP contribution in [0.15, 0.2) is 0 Å². The topological polar surface area (TPSA) is 69.6 Å². The quantitative estimate of drug-likeness (QED) is 0.777. The van der Waals surface area contributed by atoms with E-state index in [4.69, 9.17) is 0 Å². The van der Waals surface area contributed by atoms with Gasteiger partial charge in [-0.2, -0.15) is 0 Å². The molecule has 2 fully saturated rings. The van der Waals surface area contributed by atoms with Gasteiger partial charge in [-0.15, -0.1) is 5.10 Å². The van der Waals surface area contributed by atoms with Gasteiger partial charge in [-0.25, -0.2) is 0 Å². The molecule has 0 saturated carbocycles. The van der Waals surface area contributed by atoms with Gasteiger partial charge in [0.05, 0.1) is 17.1 Å². The molecule has 4 heterocycles. The van der Waals surface area contributed by atoms with Gasteiger partial charge < -0.3 is 9.80 Å². The van der Waals surface area contributed by atoms with Gasteiger partial charge in [0.2, 0.25) is 11.8 Å². The summed E-state index contributed by atoms with van der Waals surface area (Å²) in [5.41, 5.74) is 1.14. The molecule has 2 amide bonds. The molecule has 23 heavy (non-hydrogen) atoms. The minimum atomic E-state index is 0.0939. The molecule has 1 aromatic heterocycles. The maximum Gasteiger partial charge on any atom is 0.236 e. The summed E-state index contributed by atoms with van der Waals surface area (Å²) >= 11 is 1.48. The fourth-order valence-electron chi connectivity index (χ4n) is 4.04. The number of hydrogen-bond acceptors (Lipinski definition) is 6. The number of rotatable bonds is 2. The van der Waals surface area contributed by atoms with Crippen LogP contribution in [0.1, 0.15) is 36.4 Å². The Morgan fingerprint density at radius 3 is 2.65 bits per heavy atom. The molecule has 2 atom stereocenters. The molecule has 2 saturated heterocycles. The zero-order valence-electron chi connectivity index (χ0n) is 13.3. The number of carbonyl (C=O) groups excluding carboxylic acids is 2. The van der Waals surface area contributed by atoms with Crippen LogP contribution >= 0.6 is 11.5 Å². The Bertz CT molecular complexity index is 625. The predicted molar refractivity (Wildman–Crippen MR) is 84.9 cm³/mol. The van der Waals surface area contributed by atoms with E-state index >= 15 is 0 Å². The first kappa shape index (κ1) is 15.0. The molecular formula is C15H21N5O2S. The third kappa shape index (κ3) is 2.63. The van der Waals surface area contributed by atoms with E-state index in [1.807, 2.05) is 9.80 Å². The van der Waals surface area contributed by atoms with Gasteiger partial charge in [-0.05, 0) is 24.4 Å². The van der Waals surface area contributed by atoms with Crippen molar-refractivity contribution in [3.05, 3.63) is 10.6 Å². The number of hydrogen-bond donors (Lipinski definition) is 0. The van der Waals surface area contributed by atoms with Crippen LogP contribution in [0.5, 0.6) is 0 Å². The first-order chi connectivity index (χ1) is 11.1. The summed E-state index contributed by atoms with van der Waals surface area (Å²) in [6.07, 6.45) is 3.17. The van der Waals surface area contributed by atoms with E-state index in [1.54, 1.807) is 6.92 Å². The van der Waals surface area contributed by atoms with E-state index in [-0.39, 0.29) is 11.8 Å². The van der Waals surface area contributed by atoms with Crippen LogP contribution in [0.3, 0.4) is 0 Å². The van der Waals surface area contributed by atoms with Gasteiger partial charge in [0.15, 0.2) is 0 Å². The molecule has 0 aliphatic carbocycles. The fraction of sp³-hybridized carbons (Fsp3) is 0.733. The lowest BCUT2D eigenvalue weighted by Gasteiger charge is -2.37. The summed E-state index contributed by atoms with van der Waals surface area (Å²) < 4.78 is 4.08. The van der Waals surface area contributed by atoms with Crippen molar-refractivity contribution in [1.29, 1.82) is 0 Å². The summed E-state index contributed by atoms with van der Waals surface area (Å²) in [6.45, 7) is 4.66. The summed E-state index contributed by atoms with van der Waals surface area (Å²) in [6, 6.07) is 0.755. The highest BCUT2D eigenvalue weighted by Gasteiger charge is 2.43. The highest BCUT2D eigenvalue weighted by Crippen LogP contribution is 2.44. The van der Waals surface area contributed by atoms with Crippen LogP contribution in [0.25, 0.3) is 0 Å². The average Bonchev–Trinajstić information content (AvgIpc) is 3.12. The van der Waals surface area contributed by atoms with Crippen molar-refractivity contribution >= 4 is 23.3 Å². The molecule has 3 aliphatic rings. The van der Waals surface area contributed by atoms with Gasteiger partial charge in [-0.3, -0.25) is 14.5 Å². The van der Waals surface area contributed by atoms with E-state index in [1.165, 1.54) is 16.4 Å². The minimum absolute atomic E-state index is 0.0939. The molecule has 8 heteroatoms. The van der Waals surface area contributed by atoms with Crippen LogP contribution in [-0.4, -0.2) is 74.9 Å². The Morgan fingerprint density at radius 1 is 1.17 bits per heavy atom. The molecule has 124 valence electrons. The number of carbonyl (C=O) groups is 2. The van der Waals surface area contributed by atoms with E-state index in [9.17, 15) is 9.59 Å². The smallest absolute Gasteiger partial charge is 0.236 e. The van der Waals surface area contributed by atoms with Crippen LogP contribution in [0, 0.1) is 0 Å². The molecule has 0 aromatic carbocycles. The normalized spacial score (nSPS) is 27.2. The highest BCUT2D eigenvalue weighted by atomic mass is 32.1. The predicted octanol–water partition coefficient (Wildman–Crippen LogP) is 0.290. The molecule has 1 aromatic rings. The molecular weight excluding hydrogens is 314 g/mol. The summed E-state index contributed by atoms with van der Waals surface area (Å²) in [5, 5.41) is 4.23. The fourth-order valence-corrected chi connectivity index (χ4v) is 4.87. The van der Waals surface area contributed by atoms with Gasteiger partial charge in [0.1, 0.15) is 0 Å². The molecule has 0 unspecified atom stereocenters. The minimum Gasteiger partial charge on any atom is -0.339 e. The molecule has 0 radical (unpaired) electrons. The Hall–Kier alpha value is -1.54. The second kappa shape index (κ2) is 5.83.